The van der Waals surface area contributed by atoms with E-state index in [9.17, 15) is 4.79 Å². The van der Waals surface area contributed by atoms with Gasteiger partial charge >= 0.3 is 6.09 Å². The summed E-state index contributed by atoms with van der Waals surface area (Å²) in [6.45, 7) is 11.7. The van der Waals surface area contributed by atoms with Gasteiger partial charge < -0.3 is 9.64 Å². The molecule has 1 aromatic heterocycles. The Balaban J connectivity index is 2.95. The summed E-state index contributed by atoms with van der Waals surface area (Å²) in [6.07, 6.45) is -0.486. The maximum Gasteiger partial charge on any atom is 0.413 e. The van der Waals surface area contributed by atoms with Gasteiger partial charge in [0.1, 0.15) is 5.60 Å². The smallest absolute Gasteiger partial charge is 0.413 e. The van der Waals surface area contributed by atoms with E-state index in [-0.39, 0.29) is 12.1 Å². The Morgan fingerprint density at radius 3 is 2.33 bits per heavy atom. The molecule has 120 valence electrons. The maximum atomic E-state index is 11.8. The molecule has 0 aliphatic carbocycles. The molecule has 0 aliphatic rings. The zero-order valence-corrected chi connectivity index (χ0v) is 14.4. The number of hydrogen-bond donors (Lipinski definition) is 1. The van der Waals surface area contributed by atoms with E-state index in [1.165, 1.54) is 0 Å². The molecule has 1 rings (SSSR count). The molecule has 0 aliphatic heterocycles. The Labute approximate surface area is 127 Å². The van der Waals surface area contributed by atoms with E-state index >= 15 is 0 Å². The van der Waals surface area contributed by atoms with E-state index in [1.807, 2.05) is 45.6 Å². The van der Waals surface area contributed by atoms with Gasteiger partial charge in [-0.2, -0.15) is 5.10 Å². The van der Waals surface area contributed by atoms with Crippen LogP contribution in [0.2, 0.25) is 0 Å². The molecule has 0 spiro atoms. The minimum Gasteiger partial charge on any atom is -0.444 e. The zero-order chi connectivity index (χ0) is 16.4. The first kappa shape index (κ1) is 17.5. The van der Waals surface area contributed by atoms with Crippen molar-refractivity contribution in [3.8, 4) is 0 Å². The molecule has 0 aromatic carbocycles. The molecule has 0 radical (unpaired) electrons. The second kappa shape index (κ2) is 6.47. The third kappa shape index (κ3) is 5.04. The number of rotatable bonds is 4. The minimum absolute atomic E-state index is 0.203. The molecule has 0 saturated heterocycles. The molecule has 1 N–H and O–H groups in total. The number of ether oxygens (including phenoxy) is 1. The fourth-order valence-electron chi connectivity index (χ4n) is 1.87. The molecule has 1 heterocycles. The molecule has 1 atom stereocenters. The number of nitrogens with one attached hydrogen (secondary N) is 1. The lowest BCUT2D eigenvalue weighted by atomic mass is 10.2. The first-order valence-electron chi connectivity index (χ1n) is 7.27. The van der Waals surface area contributed by atoms with Crippen LogP contribution in [0.4, 0.5) is 10.6 Å². The molecular weight excluding hydrogens is 268 g/mol. The number of amides is 1. The summed E-state index contributed by atoms with van der Waals surface area (Å²) >= 11 is 0. The summed E-state index contributed by atoms with van der Waals surface area (Å²) in [4.78, 5) is 13.9. The predicted octanol–water partition coefficient (Wildman–Crippen LogP) is 3.43. The van der Waals surface area contributed by atoms with Gasteiger partial charge in [0.15, 0.2) is 5.82 Å². The minimum atomic E-state index is -0.523. The highest BCUT2D eigenvalue weighted by molar-refractivity contribution is 5.83. The van der Waals surface area contributed by atoms with Crippen LogP contribution in [0.15, 0.2) is 6.07 Å². The van der Waals surface area contributed by atoms with Gasteiger partial charge in [-0.05, 0) is 55.6 Å². The highest BCUT2D eigenvalue weighted by Crippen LogP contribution is 2.24. The van der Waals surface area contributed by atoms with Crippen molar-refractivity contribution < 1.29 is 9.53 Å². The molecule has 0 bridgehead atoms. The first-order valence-corrected chi connectivity index (χ1v) is 7.27. The van der Waals surface area contributed by atoms with Gasteiger partial charge in [-0.1, -0.05) is 0 Å². The van der Waals surface area contributed by atoms with Gasteiger partial charge in [-0.3, -0.25) is 10.00 Å². The summed E-state index contributed by atoms with van der Waals surface area (Å²) in [5.41, 5.74) is 0.533. The summed E-state index contributed by atoms with van der Waals surface area (Å²) in [5.74, 6) is 0.515. The lowest BCUT2D eigenvalue weighted by Crippen LogP contribution is -2.27. The highest BCUT2D eigenvalue weighted by Gasteiger charge is 2.21. The second-order valence-corrected chi connectivity index (χ2v) is 6.76. The van der Waals surface area contributed by atoms with Crippen LogP contribution in [0.5, 0.6) is 0 Å². The van der Waals surface area contributed by atoms with Crippen LogP contribution in [0.1, 0.15) is 59.3 Å². The van der Waals surface area contributed by atoms with Crippen molar-refractivity contribution in [1.82, 2.24) is 14.7 Å². The molecule has 1 unspecified atom stereocenters. The summed E-state index contributed by atoms with van der Waals surface area (Å²) in [6, 6.07) is 2.32. The molecule has 1 aromatic rings. The van der Waals surface area contributed by atoms with Crippen molar-refractivity contribution >= 4 is 11.9 Å². The SMILES string of the molecule is CC(c1cc(NC(=O)OC(C)(C)C)nn1C(C)C)N(C)C. The normalized spacial score (nSPS) is 13.6. The Morgan fingerprint density at radius 1 is 1.33 bits per heavy atom. The monoisotopic (exact) mass is 296 g/mol. The van der Waals surface area contributed by atoms with Crippen LogP contribution in [0, 0.1) is 0 Å². The predicted molar refractivity (Wildman–Crippen MR) is 84.6 cm³/mol. The largest absolute Gasteiger partial charge is 0.444 e. The van der Waals surface area contributed by atoms with Crippen LogP contribution < -0.4 is 5.32 Å². The third-order valence-corrected chi connectivity index (χ3v) is 3.09. The van der Waals surface area contributed by atoms with Crippen molar-refractivity contribution in [1.29, 1.82) is 0 Å². The van der Waals surface area contributed by atoms with E-state index in [0.29, 0.717) is 5.82 Å². The van der Waals surface area contributed by atoms with Crippen LogP contribution in [0.3, 0.4) is 0 Å². The second-order valence-electron chi connectivity index (χ2n) is 6.76. The van der Waals surface area contributed by atoms with Crippen molar-refractivity contribution in [2.45, 2.75) is 59.2 Å². The van der Waals surface area contributed by atoms with Gasteiger partial charge in [0, 0.05) is 18.2 Å². The number of aromatic nitrogens is 2. The summed E-state index contributed by atoms with van der Waals surface area (Å²) in [7, 11) is 4.03. The van der Waals surface area contributed by atoms with Crippen molar-refractivity contribution in [2.75, 3.05) is 19.4 Å². The number of anilines is 1. The average Bonchev–Trinajstić information content (AvgIpc) is 2.68. The van der Waals surface area contributed by atoms with Crippen molar-refractivity contribution in [3.63, 3.8) is 0 Å². The Hall–Kier alpha value is -1.56. The molecular formula is C15H28N4O2. The van der Waals surface area contributed by atoms with Gasteiger partial charge in [-0.15, -0.1) is 0 Å². The van der Waals surface area contributed by atoms with Crippen LogP contribution in [-0.4, -0.2) is 40.5 Å². The Bertz CT molecular complexity index is 486. The summed E-state index contributed by atoms with van der Waals surface area (Å²) < 4.78 is 7.18. The van der Waals surface area contributed by atoms with E-state index in [2.05, 4.69) is 36.1 Å². The number of carbonyl (C=O) groups is 1. The standard InChI is InChI=1S/C15H28N4O2/c1-10(2)19-12(11(3)18(7)8)9-13(17-19)16-14(20)21-15(4,5)6/h9-11H,1-8H3,(H,16,17,20). The fraction of sp³-hybridized carbons (Fsp3) is 0.733. The molecule has 0 fully saturated rings. The van der Waals surface area contributed by atoms with Gasteiger partial charge in [0.05, 0.1) is 5.69 Å². The molecule has 6 heteroatoms. The molecule has 21 heavy (non-hydrogen) atoms. The molecule has 1 amide bonds. The average molecular weight is 296 g/mol. The zero-order valence-electron chi connectivity index (χ0n) is 14.4. The van der Waals surface area contributed by atoms with E-state index in [4.69, 9.17) is 4.74 Å². The summed E-state index contributed by atoms with van der Waals surface area (Å²) in [5, 5.41) is 7.16. The van der Waals surface area contributed by atoms with Crippen LogP contribution in [0.25, 0.3) is 0 Å². The van der Waals surface area contributed by atoms with Crippen molar-refractivity contribution in [2.24, 2.45) is 0 Å². The maximum absolute atomic E-state index is 11.8. The van der Waals surface area contributed by atoms with Crippen LogP contribution in [-0.2, 0) is 4.74 Å². The van der Waals surface area contributed by atoms with Crippen molar-refractivity contribution in [3.05, 3.63) is 11.8 Å². The van der Waals surface area contributed by atoms with E-state index < -0.39 is 11.7 Å². The highest BCUT2D eigenvalue weighted by atomic mass is 16.6. The number of hydrogen-bond acceptors (Lipinski definition) is 4. The number of nitrogens with zero attached hydrogens (tertiary/aromatic N) is 3. The third-order valence-electron chi connectivity index (χ3n) is 3.09. The van der Waals surface area contributed by atoms with Crippen LogP contribution >= 0.6 is 0 Å². The topological polar surface area (TPSA) is 59.4 Å². The fourth-order valence-corrected chi connectivity index (χ4v) is 1.87. The molecule has 6 nitrogen and oxygen atoms in total. The van der Waals surface area contributed by atoms with E-state index in [1.54, 1.807) is 0 Å². The van der Waals surface area contributed by atoms with Gasteiger partial charge in [0.2, 0.25) is 0 Å². The van der Waals surface area contributed by atoms with Gasteiger partial charge in [0.25, 0.3) is 0 Å². The Kier molecular flexibility index (Phi) is 5.39. The quantitative estimate of drug-likeness (QED) is 0.924. The van der Waals surface area contributed by atoms with E-state index in [0.717, 1.165) is 5.69 Å². The van der Waals surface area contributed by atoms with Gasteiger partial charge in [-0.25, -0.2) is 4.79 Å². The number of carbonyl (C=O) groups excluding carboxylic acids is 1. The molecule has 0 saturated carbocycles. The Morgan fingerprint density at radius 2 is 1.90 bits per heavy atom. The lowest BCUT2D eigenvalue weighted by Gasteiger charge is -2.22. The first-order chi connectivity index (χ1) is 9.51. The lowest BCUT2D eigenvalue weighted by molar-refractivity contribution is 0.0635.